The molecule has 6 aliphatic rings. The van der Waals surface area contributed by atoms with Crippen molar-refractivity contribution in [3.63, 3.8) is 0 Å². The molecule has 1 spiro atoms. The zero-order valence-electron chi connectivity index (χ0n) is 26.7. The van der Waals surface area contributed by atoms with Crippen molar-refractivity contribution in [2.45, 2.75) is 138 Å². The summed E-state index contributed by atoms with van der Waals surface area (Å²) in [6, 6.07) is 0. The predicted octanol–water partition coefficient (Wildman–Crippen LogP) is -0.720. The predicted molar refractivity (Wildman–Crippen MR) is 159 cm³/mol. The van der Waals surface area contributed by atoms with E-state index < -0.39 is 91.4 Å². The van der Waals surface area contributed by atoms with Gasteiger partial charge in [-0.15, -0.1) is 0 Å². The van der Waals surface area contributed by atoms with Gasteiger partial charge in [-0.2, -0.15) is 0 Å². The van der Waals surface area contributed by atoms with E-state index in [9.17, 15) is 45.6 Å². The van der Waals surface area contributed by atoms with E-state index in [0.29, 0.717) is 12.8 Å². The Morgan fingerprint density at radius 2 is 1.41 bits per heavy atom. The van der Waals surface area contributed by atoms with Gasteiger partial charge in [-0.1, -0.05) is 19.9 Å². The number of ether oxygens (including phenoxy) is 4. The summed E-state index contributed by atoms with van der Waals surface area (Å²) in [4.78, 5) is 13.9. The molecule has 13 heteroatoms. The third-order valence-electron chi connectivity index (χ3n) is 13.2. The second-order valence-corrected chi connectivity index (χ2v) is 15.6. The summed E-state index contributed by atoms with van der Waals surface area (Å²) >= 11 is 0. The van der Waals surface area contributed by atoms with Crippen LogP contribution in [0.4, 0.5) is 0 Å². The molecule has 0 aromatic carbocycles. The van der Waals surface area contributed by atoms with Crippen molar-refractivity contribution < 1.29 is 64.6 Å². The topological polar surface area (TPSA) is 216 Å². The number of aliphatic hydroxyl groups excluding tert-OH is 8. The van der Waals surface area contributed by atoms with Gasteiger partial charge in [0, 0.05) is 0 Å². The zero-order valence-corrected chi connectivity index (χ0v) is 26.7. The van der Waals surface area contributed by atoms with Gasteiger partial charge in [0.15, 0.2) is 0 Å². The zero-order chi connectivity index (χ0) is 33.4. The van der Waals surface area contributed by atoms with E-state index in [1.54, 1.807) is 0 Å². The third-order valence-corrected chi connectivity index (χ3v) is 13.2. The molecule has 2 bridgehead atoms. The molecule has 2 aliphatic heterocycles. The molecule has 8 N–H and O–H groups in total. The standard InChI is InChI=1S/C33H52O13/c1-16-11-32-9-5-20-30(2,7-4-8-31(20,3)29(42)46-28-27(41)26(40)23(37)18(13-35)45-28)21(32)6-10-33(16,15-32)43-14-19-24(38)25(39)22(36)17(12-34)44-19/h17-28,34-41H,1,4-15H2,2-3H3/t17?,18?,19-,20?,21-,22+,23+,24+,25?,26?,27-,28-,30+,31+,32+,33-/m0/s1. The van der Waals surface area contributed by atoms with Gasteiger partial charge in [-0.3, -0.25) is 4.79 Å². The summed E-state index contributed by atoms with van der Waals surface area (Å²) in [5.74, 6) is -0.257. The van der Waals surface area contributed by atoms with Crippen LogP contribution in [0.1, 0.15) is 71.6 Å². The van der Waals surface area contributed by atoms with Crippen LogP contribution in [0.2, 0.25) is 0 Å². The average molecular weight is 657 g/mol. The van der Waals surface area contributed by atoms with Crippen molar-refractivity contribution in [1.82, 2.24) is 0 Å². The largest absolute Gasteiger partial charge is 0.432 e. The first-order valence-corrected chi connectivity index (χ1v) is 16.8. The molecular formula is C33H52O13. The molecule has 0 amide bonds. The van der Waals surface area contributed by atoms with E-state index >= 15 is 0 Å². The molecule has 2 heterocycles. The van der Waals surface area contributed by atoms with Crippen LogP contribution in [0.5, 0.6) is 0 Å². The number of esters is 1. The number of carbonyl (C=O) groups excluding carboxylic acids is 1. The highest BCUT2D eigenvalue weighted by molar-refractivity contribution is 5.77. The first-order valence-electron chi connectivity index (χ1n) is 16.8. The van der Waals surface area contributed by atoms with E-state index in [0.717, 1.165) is 50.5 Å². The normalized spacial score (nSPS) is 53.7. The Morgan fingerprint density at radius 1 is 0.804 bits per heavy atom. The minimum absolute atomic E-state index is 0.0156. The Morgan fingerprint density at radius 3 is 2.09 bits per heavy atom. The number of hydrogen-bond acceptors (Lipinski definition) is 13. The Bertz CT molecular complexity index is 1160. The molecule has 6 fully saturated rings. The fourth-order valence-electron chi connectivity index (χ4n) is 10.8. The summed E-state index contributed by atoms with van der Waals surface area (Å²) in [6.45, 7) is 7.52. The lowest BCUT2D eigenvalue weighted by molar-refractivity contribution is -0.298. The molecule has 6 rings (SSSR count). The van der Waals surface area contributed by atoms with E-state index in [2.05, 4.69) is 13.5 Å². The molecule has 262 valence electrons. The smallest absolute Gasteiger partial charge is 0.314 e. The van der Waals surface area contributed by atoms with Crippen LogP contribution in [0, 0.1) is 28.1 Å². The maximum absolute atomic E-state index is 13.9. The molecule has 0 aromatic rings. The quantitative estimate of drug-likeness (QED) is 0.126. The Kier molecular flexibility index (Phi) is 9.24. The van der Waals surface area contributed by atoms with Crippen molar-refractivity contribution in [1.29, 1.82) is 0 Å². The molecular weight excluding hydrogens is 604 g/mol. The fourth-order valence-corrected chi connectivity index (χ4v) is 10.8. The van der Waals surface area contributed by atoms with Gasteiger partial charge >= 0.3 is 5.97 Å². The molecule has 13 nitrogen and oxygen atoms in total. The first kappa shape index (κ1) is 34.6. The van der Waals surface area contributed by atoms with Crippen molar-refractivity contribution in [3.8, 4) is 0 Å². The van der Waals surface area contributed by atoms with E-state index in [4.69, 9.17) is 18.9 Å². The van der Waals surface area contributed by atoms with Gasteiger partial charge < -0.3 is 59.8 Å². The highest BCUT2D eigenvalue weighted by Crippen LogP contribution is 2.73. The van der Waals surface area contributed by atoms with Gasteiger partial charge in [0.25, 0.3) is 0 Å². The van der Waals surface area contributed by atoms with Crippen LogP contribution in [-0.4, -0.2) is 133 Å². The molecule has 0 radical (unpaired) electrons. The average Bonchev–Trinajstić information content (AvgIpc) is 3.23. The SMILES string of the molecule is C=C1C[C@@]23CCC4[C@](C)(C(=O)O[C@@H]5OC(CO)[C@@H](O)C(O)[C@@H]5O)CCC[C@@]4(C)[C@@H]2CC[C@]1(OC[C@@H]1OC(CO)[C@@H](O)C(O)[C@@H]1O)C3. The molecule has 0 aromatic heterocycles. The second kappa shape index (κ2) is 12.3. The van der Waals surface area contributed by atoms with E-state index in [-0.39, 0.29) is 29.3 Å². The van der Waals surface area contributed by atoms with Crippen LogP contribution in [0.15, 0.2) is 12.2 Å². The van der Waals surface area contributed by atoms with Crippen molar-refractivity contribution >= 4 is 5.97 Å². The van der Waals surface area contributed by atoms with Gasteiger partial charge in [-0.05, 0) is 86.5 Å². The molecule has 46 heavy (non-hydrogen) atoms. The maximum atomic E-state index is 13.9. The monoisotopic (exact) mass is 656 g/mol. The van der Waals surface area contributed by atoms with E-state index in [1.165, 1.54) is 0 Å². The summed E-state index contributed by atoms with van der Waals surface area (Å²) in [6.07, 6.45) is -6.67. The lowest BCUT2D eigenvalue weighted by atomic mass is 9.41. The molecule has 4 saturated carbocycles. The first-order chi connectivity index (χ1) is 21.7. The van der Waals surface area contributed by atoms with Gasteiger partial charge in [0.05, 0.1) is 30.8 Å². The summed E-state index contributed by atoms with van der Waals surface area (Å²) < 4.78 is 23.5. The lowest BCUT2D eigenvalue weighted by Gasteiger charge is -2.64. The van der Waals surface area contributed by atoms with Crippen LogP contribution in [-0.2, 0) is 23.7 Å². The Labute approximate surface area is 269 Å². The summed E-state index contributed by atoms with van der Waals surface area (Å²) in [5, 5.41) is 81.1. The highest BCUT2D eigenvalue weighted by atomic mass is 16.7. The number of hydrogen-bond donors (Lipinski definition) is 8. The second-order valence-electron chi connectivity index (χ2n) is 15.6. The summed E-state index contributed by atoms with van der Waals surface area (Å²) in [7, 11) is 0. The number of rotatable bonds is 7. The molecule has 2 saturated heterocycles. The van der Waals surface area contributed by atoms with Crippen molar-refractivity contribution in [2.75, 3.05) is 19.8 Å². The van der Waals surface area contributed by atoms with Gasteiger partial charge in [0.1, 0.15) is 54.9 Å². The highest BCUT2D eigenvalue weighted by Gasteiger charge is 2.68. The molecule has 16 atom stereocenters. The lowest BCUT2D eigenvalue weighted by Crippen LogP contribution is -2.62. The Hall–Kier alpha value is -1.23. The minimum Gasteiger partial charge on any atom is -0.432 e. The van der Waals surface area contributed by atoms with Crippen molar-refractivity contribution in [2.24, 2.45) is 28.1 Å². The van der Waals surface area contributed by atoms with Crippen LogP contribution >= 0.6 is 0 Å². The van der Waals surface area contributed by atoms with Crippen LogP contribution in [0.3, 0.4) is 0 Å². The van der Waals surface area contributed by atoms with Crippen LogP contribution in [0.25, 0.3) is 0 Å². The fraction of sp³-hybridized carbons (Fsp3) is 0.909. The molecule has 4 aliphatic carbocycles. The third kappa shape index (κ3) is 5.20. The van der Waals surface area contributed by atoms with Crippen LogP contribution < -0.4 is 0 Å². The van der Waals surface area contributed by atoms with Gasteiger partial charge in [0.2, 0.25) is 6.29 Å². The minimum atomic E-state index is -1.66. The summed E-state index contributed by atoms with van der Waals surface area (Å²) in [5.41, 5.74) is -0.805. The number of aliphatic hydroxyl groups is 8. The Balaban J connectivity index is 1.17. The number of fused-ring (bicyclic) bond motifs is 3. The van der Waals surface area contributed by atoms with Crippen molar-refractivity contribution in [3.05, 3.63) is 12.2 Å². The number of carbonyl (C=O) groups is 1. The van der Waals surface area contributed by atoms with E-state index in [1.807, 2.05) is 6.92 Å². The maximum Gasteiger partial charge on any atom is 0.314 e. The van der Waals surface area contributed by atoms with Gasteiger partial charge in [-0.25, -0.2) is 0 Å². The molecule has 5 unspecified atom stereocenters.